The number of nitrogen functional groups attached to an aromatic ring is 1. The molecule has 0 aliphatic heterocycles. The summed E-state index contributed by atoms with van der Waals surface area (Å²) in [6.07, 6.45) is 4.87. The Bertz CT molecular complexity index is 989. The summed E-state index contributed by atoms with van der Waals surface area (Å²) in [5, 5.41) is 13.7. The van der Waals surface area contributed by atoms with E-state index in [1.54, 1.807) is 18.6 Å². The SMILES string of the molecule is CC(C)(C)Nc1nc(-c2cnc(N)nc2)cc2ccn(CCO)c(=O)c12. The monoisotopic (exact) mass is 354 g/mol. The Kier molecular flexibility index (Phi) is 4.60. The van der Waals surface area contributed by atoms with Crippen molar-refractivity contribution < 1.29 is 5.11 Å². The molecule has 0 amide bonds. The molecule has 0 atom stereocenters. The molecule has 0 aliphatic carbocycles. The summed E-state index contributed by atoms with van der Waals surface area (Å²) < 4.78 is 1.48. The Morgan fingerprint density at radius 2 is 1.96 bits per heavy atom. The molecule has 3 aromatic heterocycles. The molecule has 0 bridgehead atoms. The van der Waals surface area contributed by atoms with E-state index < -0.39 is 0 Å². The van der Waals surface area contributed by atoms with Gasteiger partial charge in [0, 0.05) is 36.2 Å². The van der Waals surface area contributed by atoms with Gasteiger partial charge in [-0.1, -0.05) is 0 Å². The molecule has 0 spiro atoms. The zero-order valence-corrected chi connectivity index (χ0v) is 15.0. The largest absolute Gasteiger partial charge is 0.395 e. The lowest BCUT2D eigenvalue weighted by atomic mass is 10.1. The second-order valence-electron chi connectivity index (χ2n) is 7.06. The molecule has 0 saturated heterocycles. The van der Waals surface area contributed by atoms with Gasteiger partial charge in [-0.2, -0.15) is 0 Å². The van der Waals surface area contributed by atoms with Gasteiger partial charge >= 0.3 is 0 Å². The number of hydrogen-bond donors (Lipinski definition) is 3. The molecular weight excluding hydrogens is 332 g/mol. The first kappa shape index (κ1) is 17.8. The molecule has 0 radical (unpaired) electrons. The zero-order valence-electron chi connectivity index (χ0n) is 15.0. The molecule has 136 valence electrons. The van der Waals surface area contributed by atoms with E-state index in [4.69, 9.17) is 5.73 Å². The van der Waals surface area contributed by atoms with Gasteiger partial charge in [0.25, 0.3) is 5.56 Å². The van der Waals surface area contributed by atoms with E-state index in [1.807, 2.05) is 32.9 Å². The van der Waals surface area contributed by atoms with Crippen LogP contribution >= 0.6 is 0 Å². The molecule has 3 heterocycles. The average molecular weight is 354 g/mol. The number of nitrogens with one attached hydrogen (secondary N) is 1. The number of nitrogens with two attached hydrogens (primary N) is 1. The number of aliphatic hydroxyl groups excluding tert-OH is 1. The third-order valence-electron chi connectivity index (χ3n) is 3.76. The van der Waals surface area contributed by atoms with Gasteiger partial charge in [-0.05, 0) is 38.3 Å². The molecule has 0 fully saturated rings. The maximum absolute atomic E-state index is 12.8. The van der Waals surface area contributed by atoms with E-state index in [2.05, 4.69) is 20.3 Å². The average Bonchev–Trinajstić information content (AvgIpc) is 2.56. The van der Waals surface area contributed by atoms with Gasteiger partial charge < -0.3 is 20.7 Å². The minimum absolute atomic E-state index is 0.109. The van der Waals surface area contributed by atoms with Crippen LogP contribution in [0.3, 0.4) is 0 Å². The summed E-state index contributed by atoms with van der Waals surface area (Å²) in [5.41, 5.74) is 6.41. The smallest absolute Gasteiger partial charge is 0.262 e. The van der Waals surface area contributed by atoms with Crippen LogP contribution in [0.5, 0.6) is 0 Å². The maximum atomic E-state index is 12.8. The molecule has 8 nitrogen and oxygen atoms in total. The summed E-state index contributed by atoms with van der Waals surface area (Å²) >= 11 is 0. The van der Waals surface area contributed by atoms with Gasteiger partial charge in [-0.25, -0.2) is 15.0 Å². The molecular formula is C18H22N6O2. The van der Waals surface area contributed by atoms with Crippen molar-refractivity contribution in [3.63, 3.8) is 0 Å². The van der Waals surface area contributed by atoms with Crippen molar-refractivity contribution in [3.05, 3.63) is 41.1 Å². The highest BCUT2D eigenvalue weighted by Gasteiger charge is 2.17. The summed E-state index contributed by atoms with van der Waals surface area (Å²) in [6, 6.07) is 3.66. The van der Waals surface area contributed by atoms with Gasteiger partial charge in [-0.15, -0.1) is 0 Å². The van der Waals surface area contributed by atoms with E-state index in [9.17, 15) is 9.90 Å². The minimum Gasteiger partial charge on any atom is -0.395 e. The third kappa shape index (κ3) is 3.65. The van der Waals surface area contributed by atoms with Gasteiger partial charge in [0.15, 0.2) is 0 Å². The van der Waals surface area contributed by atoms with E-state index >= 15 is 0 Å². The van der Waals surface area contributed by atoms with Gasteiger partial charge in [0.1, 0.15) is 5.82 Å². The van der Waals surface area contributed by atoms with Crippen LogP contribution in [0.4, 0.5) is 11.8 Å². The molecule has 8 heteroatoms. The van der Waals surface area contributed by atoms with Crippen molar-refractivity contribution >= 4 is 22.5 Å². The van der Waals surface area contributed by atoms with E-state index in [0.29, 0.717) is 22.5 Å². The highest BCUT2D eigenvalue weighted by atomic mass is 16.3. The normalized spacial score (nSPS) is 11.7. The van der Waals surface area contributed by atoms with Gasteiger partial charge in [-0.3, -0.25) is 4.79 Å². The quantitative estimate of drug-likeness (QED) is 0.651. The van der Waals surface area contributed by atoms with Crippen molar-refractivity contribution in [2.24, 2.45) is 0 Å². The van der Waals surface area contributed by atoms with Crippen LogP contribution in [-0.2, 0) is 6.54 Å². The van der Waals surface area contributed by atoms with Crippen molar-refractivity contribution in [2.45, 2.75) is 32.9 Å². The summed E-state index contributed by atoms with van der Waals surface area (Å²) in [4.78, 5) is 25.5. The summed E-state index contributed by atoms with van der Waals surface area (Å²) in [5.74, 6) is 0.675. The molecule has 0 aliphatic rings. The summed E-state index contributed by atoms with van der Waals surface area (Å²) in [7, 11) is 0. The molecule has 4 N–H and O–H groups in total. The summed E-state index contributed by atoms with van der Waals surface area (Å²) in [6.45, 7) is 6.11. The standard InChI is InChI=1S/C18H22N6O2/c1-18(2,3)23-15-14-11(4-5-24(6-7-25)16(14)26)8-13(22-15)12-9-20-17(19)21-10-12/h4-5,8-10,25H,6-7H2,1-3H3,(H,22,23)(H2,19,20,21). The number of fused-ring (bicyclic) bond motifs is 1. The minimum atomic E-state index is -0.291. The van der Waals surface area contributed by atoms with Crippen LogP contribution in [-0.4, -0.2) is 36.8 Å². The first-order valence-corrected chi connectivity index (χ1v) is 8.29. The number of pyridine rings is 2. The van der Waals surface area contributed by atoms with E-state index in [1.165, 1.54) is 4.57 Å². The second kappa shape index (κ2) is 6.72. The number of aromatic nitrogens is 4. The van der Waals surface area contributed by atoms with Gasteiger partial charge in [0.05, 0.1) is 17.7 Å². The lowest BCUT2D eigenvalue weighted by molar-refractivity contribution is 0.274. The molecule has 3 aromatic rings. The molecule has 0 unspecified atom stereocenters. The Balaban J connectivity index is 2.26. The zero-order chi connectivity index (χ0) is 18.9. The van der Waals surface area contributed by atoms with Crippen molar-refractivity contribution in [3.8, 4) is 11.3 Å². The lowest BCUT2D eigenvalue weighted by Crippen LogP contribution is -2.29. The lowest BCUT2D eigenvalue weighted by Gasteiger charge is -2.23. The maximum Gasteiger partial charge on any atom is 0.262 e. The van der Waals surface area contributed by atoms with E-state index in [-0.39, 0.29) is 30.2 Å². The van der Waals surface area contributed by atoms with Crippen molar-refractivity contribution in [1.29, 1.82) is 0 Å². The Hall–Kier alpha value is -3.00. The number of hydrogen-bond acceptors (Lipinski definition) is 7. The van der Waals surface area contributed by atoms with Crippen molar-refractivity contribution in [1.82, 2.24) is 19.5 Å². The predicted molar refractivity (Wildman–Crippen MR) is 102 cm³/mol. The van der Waals surface area contributed by atoms with Crippen molar-refractivity contribution in [2.75, 3.05) is 17.7 Å². The second-order valence-corrected chi connectivity index (χ2v) is 7.06. The highest BCUT2D eigenvalue weighted by molar-refractivity contribution is 5.94. The fourth-order valence-electron chi connectivity index (χ4n) is 2.65. The van der Waals surface area contributed by atoms with Crippen LogP contribution in [0.25, 0.3) is 22.0 Å². The van der Waals surface area contributed by atoms with Crippen LogP contribution in [0.2, 0.25) is 0 Å². The molecule has 0 saturated carbocycles. The number of anilines is 2. The first-order valence-electron chi connectivity index (χ1n) is 8.29. The topological polar surface area (TPSA) is 119 Å². The Labute approximate surface area is 150 Å². The van der Waals surface area contributed by atoms with Crippen LogP contribution in [0.1, 0.15) is 20.8 Å². The Morgan fingerprint density at radius 1 is 1.27 bits per heavy atom. The number of rotatable bonds is 4. The van der Waals surface area contributed by atoms with Gasteiger partial charge in [0.2, 0.25) is 5.95 Å². The number of aliphatic hydroxyl groups is 1. The van der Waals surface area contributed by atoms with Crippen LogP contribution in [0, 0.1) is 0 Å². The predicted octanol–water partition coefficient (Wildman–Crippen LogP) is 1.64. The fraction of sp³-hybridized carbons (Fsp3) is 0.333. The third-order valence-corrected chi connectivity index (χ3v) is 3.76. The molecule has 26 heavy (non-hydrogen) atoms. The molecule has 0 aromatic carbocycles. The fourth-order valence-corrected chi connectivity index (χ4v) is 2.65. The first-order chi connectivity index (χ1) is 12.3. The van der Waals surface area contributed by atoms with Crippen LogP contribution in [0.15, 0.2) is 35.5 Å². The molecule has 3 rings (SSSR count). The van der Waals surface area contributed by atoms with E-state index in [0.717, 1.165) is 5.39 Å². The highest BCUT2D eigenvalue weighted by Crippen LogP contribution is 2.27. The Morgan fingerprint density at radius 3 is 2.58 bits per heavy atom. The van der Waals surface area contributed by atoms with Crippen LogP contribution < -0.4 is 16.6 Å². The number of nitrogens with zero attached hydrogens (tertiary/aromatic N) is 4.